The van der Waals surface area contributed by atoms with E-state index in [-0.39, 0.29) is 5.54 Å². The lowest BCUT2D eigenvalue weighted by Crippen LogP contribution is -2.68. The fourth-order valence-electron chi connectivity index (χ4n) is 2.75. The standard InChI is InChI=1S/C11H22N2/c1-9-3-5-10(6-4-9)13-7-11(2,12)8-13/h9-10H,3-8,12H2,1-2H3. The number of hydrogen-bond acceptors (Lipinski definition) is 2. The SMILES string of the molecule is CC1CCC(N2CC(C)(N)C2)CC1. The van der Waals surface area contributed by atoms with Gasteiger partial charge in [-0.25, -0.2) is 0 Å². The summed E-state index contributed by atoms with van der Waals surface area (Å²) in [4.78, 5) is 2.58. The Bertz CT molecular complexity index is 173. The van der Waals surface area contributed by atoms with Gasteiger partial charge in [-0.2, -0.15) is 0 Å². The van der Waals surface area contributed by atoms with Gasteiger partial charge in [0.25, 0.3) is 0 Å². The second-order valence-electron chi connectivity index (χ2n) is 5.47. The largest absolute Gasteiger partial charge is 0.323 e. The van der Waals surface area contributed by atoms with Crippen molar-refractivity contribution in [2.75, 3.05) is 13.1 Å². The Morgan fingerprint density at radius 1 is 1.15 bits per heavy atom. The second-order valence-corrected chi connectivity index (χ2v) is 5.47. The van der Waals surface area contributed by atoms with Gasteiger partial charge in [-0.3, -0.25) is 4.90 Å². The highest BCUT2D eigenvalue weighted by Crippen LogP contribution is 2.31. The Hall–Kier alpha value is -0.0800. The summed E-state index contributed by atoms with van der Waals surface area (Å²) in [5.74, 6) is 0.960. The molecule has 1 saturated carbocycles. The first kappa shape index (κ1) is 9.47. The van der Waals surface area contributed by atoms with Crippen LogP contribution in [0.1, 0.15) is 39.5 Å². The van der Waals surface area contributed by atoms with Gasteiger partial charge in [0.2, 0.25) is 0 Å². The van der Waals surface area contributed by atoms with Crippen LogP contribution in [-0.2, 0) is 0 Å². The molecule has 2 fully saturated rings. The molecule has 1 heterocycles. The minimum absolute atomic E-state index is 0.114. The van der Waals surface area contributed by atoms with Gasteiger partial charge in [-0.1, -0.05) is 6.92 Å². The van der Waals surface area contributed by atoms with E-state index in [0.29, 0.717) is 0 Å². The molecule has 0 radical (unpaired) electrons. The minimum Gasteiger partial charge on any atom is -0.323 e. The van der Waals surface area contributed by atoms with Crippen LogP contribution in [0.15, 0.2) is 0 Å². The third-order valence-corrected chi connectivity index (χ3v) is 3.63. The van der Waals surface area contributed by atoms with Gasteiger partial charge in [0.15, 0.2) is 0 Å². The number of likely N-dealkylation sites (tertiary alicyclic amines) is 1. The second kappa shape index (κ2) is 3.25. The van der Waals surface area contributed by atoms with Crippen molar-refractivity contribution in [3.8, 4) is 0 Å². The van der Waals surface area contributed by atoms with Crippen molar-refractivity contribution in [3.63, 3.8) is 0 Å². The Kier molecular flexibility index (Phi) is 2.37. The van der Waals surface area contributed by atoms with Crippen molar-refractivity contribution in [1.29, 1.82) is 0 Å². The molecule has 13 heavy (non-hydrogen) atoms. The van der Waals surface area contributed by atoms with Gasteiger partial charge in [0.1, 0.15) is 0 Å². The smallest absolute Gasteiger partial charge is 0.0384 e. The zero-order valence-electron chi connectivity index (χ0n) is 8.92. The van der Waals surface area contributed by atoms with Crippen molar-refractivity contribution in [1.82, 2.24) is 4.90 Å². The zero-order valence-corrected chi connectivity index (χ0v) is 8.92. The molecule has 0 aromatic rings. The van der Waals surface area contributed by atoms with Gasteiger partial charge in [0.05, 0.1) is 0 Å². The summed E-state index contributed by atoms with van der Waals surface area (Å²) < 4.78 is 0. The van der Waals surface area contributed by atoms with Crippen LogP contribution < -0.4 is 5.73 Å². The van der Waals surface area contributed by atoms with Crippen LogP contribution in [0.25, 0.3) is 0 Å². The molecule has 2 rings (SSSR count). The van der Waals surface area contributed by atoms with Crippen LogP contribution in [0.5, 0.6) is 0 Å². The molecule has 0 amide bonds. The maximum Gasteiger partial charge on any atom is 0.0384 e. The van der Waals surface area contributed by atoms with E-state index in [1.165, 1.54) is 25.7 Å². The highest BCUT2D eigenvalue weighted by molar-refractivity contribution is 4.99. The Morgan fingerprint density at radius 3 is 2.15 bits per heavy atom. The van der Waals surface area contributed by atoms with Crippen LogP contribution >= 0.6 is 0 Å². The lowest BCUT2D eigenvalue weighted by atomic mass is 9.82. The summed E-state index contributed by atoms with van der Waals surface area (Å²) in [6.45, 7) is 6.77. The molecule has 2 aliphatic rings. The molecule has 0 aromatic carbocycles. The predicted octanol–water partition coefficient (Wildman–Crippen LogP) is 1.60. The molecular weight excluding hydrogens is 160 g/mol. The molecular formula is C11H22N2. The predicted molar refractivity (Wildman–Crippen MR) is 55.6 cm³/mol. The van der Waals surface area contributed by atoms with Crippen molar-refractivity contribution < 1.29 is 0 Å². The fourth-order valence-corrected chi connectivity index (χ4v) is 2.75. The van der Waals surface area contributed by atoms with Crippen molar-refractivity contribution in [3.05, 3.63) is 0 Å². The maximum atomic E-state index is 6.00. The Morgan fingerprint density at radius 2 is 1.69 bits per heavy atom. The average molecular weight is 182 g/mol. The van der Waals surface area contributed by atoms with E-state index in [2.05, 4.69) is 18.7 Å². The molecule has 0 spiro atoms. The highest BCUT2D eigenvalue weighted by Gasteiger charge is 2.39. The van der Waals surface area contributed by atoms with Gasteiger partial charge >= 0.3 is 0 Å². The summed E-state index contributed by atoms with van der Waals surface area (Å²) >= 11 is 0. The summed E-state index contributed by atoms with van der Waals surface area (Å²) in [7, 11) is 0. The Labute approximate surface area is 81.5 Å². The molecule has 1 aliphatic carbocycles. The first-order valence-corrected chi connectivity index (χ1v) is 5.60. The van der Waals surface area contributed by atoms with Gasteiger partial charge in [-0.05, 0) is 38.5 Å². The molecule has 2 nitrogen and oxygen atoms in total. The van der Waals surface area contributed by atoms with E-state index in [0.717, 1.165) is 25.0 Å². The van der Waals surface area contributed by atoms with Gasteiger partial charge in [0, 0.05) is 24.7 Å². The monoisotopic (exact) mass is 182 g/mol. The molecule has 0 unspecified atom stereocenters. The molecule has 0 aromatic heterocycles. The van der Waals surface area contributed by atoms with E-state index >= 15 is 0 Å². The van der Waals surface area contributed by atoms with E-state index in [9.17, 15) is 0 Å². The quantitative estimate of drug-likeness (QED) is 0.667. The Balaban J connectivity index is 1.78. The minimum atomic E-state index is 0.114. The zero-order chi connectivity index (χ0) is 9.47. The maximum absolute atomic E-state index is 6.00. The third-order valence-electron chi connectivity index (χ3n) is 3.63. The average Bonchev–Trinajstić information content (AvgIpc) is 2.01. The van der Waals surface area contributed by atoms with E-state index in [1.54, 1.807) is 0 Å². The van der Waals surface area contributed by atoms with Crippen molar-refractivity contribution in [2.45, 2.75) is 51.1 Å². The molecule has 2 N–H and O–H groups in total. The van der Waals surface area contributed by atoms with Crippen LogP contribution in [-0.4, -0.2) is 29.6 Å². The molecule has 0 bridgehead atoms. The molecule has 2 heteroatoms. The van der Waals surface area contributed by atoms with Gasteiger partial charge < -0.3 is 5.73 Å². The number of nitrogens with zero attached hydrogens (tertiary/aromatic N) is 1. The van der Waals surface area contributed by atoms with Crippen LogP contribution in [0.2, 0.25) is 0 Å². The number of hydrogen-bond donors (Lipinski definition) is 1. The first-order chi connectivity index (χ1) is 6.07. The lowest BCUT2D eigenvalue weighted by Gasteiger charge is -2.51. The van der Waals surface area contributed by atoms with Crippen LogP contribution in [0.3, 0.4) is 0 Å². The summed E-state index contributed by atoms with van der Waals surface area (Å²) in [5.41, 5.74) is 6.12. The summed E-state index contributed by atoms with van der Waals surface area (Å²) in [6.07, 6.45) is 5.64. The molecule has 0 atom stereocenters. The number of rotatable bonds is 1. The molecule has 1 saturated heterocycles. The molecule has 76 valence electrons. The lowest BCUT2D eigenvalue weighted by molar-refractivity contribution is 0.0185. The van der Waals surface area contributed by atoms with Crippen LogP contribution in [0.4, 0.5) is 0 Å². The highest BCUT2D eigenvalue weighted by atomic mass is 15.3. The third kappa shape index (κ3) is 2.05. The van der Waals surface area contributed by atoms with Crippen LogP contribution in [0, 0.1) is 5.92 Å². The fraction of sp³-hybridized carbons (Fsp3) is 1.00. The normalized spacial score (nSPS) is 39.9. The summed E-state index contributed by atoms with van der Waals surface area (Å²) in [5, 5.41) is 0. The summed E-state index contributed by atoms with van der Waals surface area (Å²) in [6, 6.07) is 0.854. The van der Waals surface area contributed by atoms with E-state index < -0.39 is 0 Å². The van der Waals surface area contributed by atoms with Gasteiger partial charge in [-0.15, -0.1) is 0 Å². The topological polar surface area (TPSA) is 29.3 Å². The first-order valence-electron chi connectivity index (χ1n) is 5.60. The number of nitrogens with two attached hydrogens (primary N) is 1. The van der Waals surface area contributed by atoms with Crippen molar-refractivity contribution >= 4 is 0 Å². The van der Waals surface area contributed by atoms with E-state index in [4.69, 9.17) is 5.73 Å². The molecule has 1 aliphatic heterocycles. The van der Waals surface area contributed by atoms with Crippen molar-refractivity contribution in [2.24, 2.45) is 11.7 Å². The van der Waals surface area contributed by atoms with E-state index in [1.807, 2.05) is 0 Å².